The molecule has 126 valence electrons. The Morgan fingerprint density at radius 2 is 1.88 bits per heavy atom. The Kier molecular flexibility index (Phi) is 5.49. The summed E-state index contributed by atoms with van der Waals surface area (Å²) in [6, 6.07) is 15.6. The lowest BCUT2D eigenvalue weighted by Crippen LogP contribution is -2.29. The molecule has 1 fully saturated rings. The second-order valence-corrected chi connectivity index (χ2v) is 6.14. The molecule has 1 N–H and O–H groups in total. The highest BCUT2D eigenvalue weighted by Crippen LogP contribution is 2.23. The number of anilines is 2. The van der Waals surface area contributed by atoms with Crippen LogP contribution >= 0.6 is 0 Å². The van der Waals surface area contributed by atoms with E-state index in [0.717, 1.165) is 24.3 Å². The van der Waals surface area contributed by atoms with Crippen molar-refractivity contribution in [3.05, 3.63) is 59.7 Å². The van der Waals surface area contributed by atoms with Gasteiger partial charge in [0, 0.05) is 37.1 Å². The maximum atomic E-state index is 12.6. The molecule has 1 aliphatic rings. The lowest BCUT2D eigenvalue weighted by molar-refractivity contribution is 0.102. The van der Waals surface area contributed by atoms with Crippen LogP contribution < -0.4 is 10.2 Å². The molecule has 0 aliphatic carbocycles. The van der Waals surface area contributed by atoms with Gasteiger partial charge in [-0.2, -0.15) is 0 Å². The van der Waals surface area contributed by atoms with Gasteiger partial charge in [0.2, 0.25) is 0 Å². The number of piperidine rings is 1. The second-order valence-electron chi connectivity index (χ2n) is 6.14. The number of carbonyl (C=O) groups is 1. The number of benzene rings is 2. The van der Waals surface area contributed by atoms with Crippen LogP contribution in [0.15, 0.2) is 48.5 Å². The predicted molar refractivity (Wildman–Crippen MR) is 97.6 cm³/mol. The summed E-state index contributed by atoms with van der Waals surface area (Å²) < 4.78 is 5.18. The highest BCUT2D eigenvalue weighted by molar-refractivity contribution is 6.05. The molecule has 0 atom stereocenters. The number of rotatable bonds is 5. The van der Waals surface area contributed by atoms with Crippen LogP contribution in [0.2, 0.25) is 0 Å². The fourth-order valence-electron chi connectivity index (χ4n) is 3.15. The molecule has 2 aromatic carbocycles. The van der Waals surface area contributed by atoms with Crippen molar-refractivity contribution in [2.24, 2.45) is 0 Å². The molecular weight excluding hydrogens is 300 g/mol. The number of carbonyl (C=O) groups excluding carboxylic acids is 1. The highest BCUT2D eigenvalue weighted by atomic mass is 16.5. The minimum Gasteiger partial charge on any atom is -0.380 e. The summed E-state index contributed by atoms with van der Waals surface area (Å²) >= 11 is 0. The van der Waals surface area contributed by atoms with E-state index in [9.17, 15) is 4.79 Å². The van der Waals surface area contributed by atoms with Crippen molar-refractivity contribution in [3.8, 4) is 0 Å². The fraction of sp³-hybridized carbons (Fsp3) is 0.350. The topological polar surface area (TPSA) is 41.6 Å². The summed E-state index contributed by atoms with van der Waals surface area (Å²) in [6.45, 7) is 2.61. The molecule has 1 amide bonds. The van der Waals surface area contributed by atoms with E-state index in [1.807, 2.05) is 36.4 Å². The first-order valence-corrected chi connectivity index (χ1v) is 8.51. The smallest absolute Gasteiger partial charge is 0.256 e. The van der Waals surface area contributed by atoms with Gasteiger partial charge in [-0.15, -0.1) is 0 Å². The molecule has 0 radical (unpaired) electrons. The standard InChI is InChI=1S/C20H24N2O2/c1-24-15-16-8-3-4-11-19(16)20(23)21-17-9-7-10-18(14-17)22-12-5-2-6-13-22/h3-4,7-11,14H,2,5-6,12-13,15H2,1H3,(H,21,23). The molecule has 1 saturated heterocycles. The molecule has 0 saturated carbocycles. The van der Waals surface area contributed by atoms with E-state index in [2.05, 4.69) is 22.3 Å². The van der Waals surface area contributed by atoms with E-state index in [1.54, 1.807) is 7.11 Å². The normalized spacial score (nSPS) is 14.5. The second kappa shape index (κ2) is 7.97. The predicted octanol–water partition coefficient (Wildman–Crippen LogP) is 4.08. The van der Waals surface area contributed by atoms with Crippen molar-refractivity contribution in [2.75, 3.05) is 30.4 Å². The van der Waals surface area contributed by atoms with Crippen molar-refractivity contribution in [3.63, 3.8) is 0 Å². The molecule has 1 heterocycles. The first kappa shape index (κ1) is 16.5. The molecule has 0 spiro atoms. The van der Waals surface area contributed by atoms with E-state index in [4.69, 9.17) is 4.74 Å². The van der Waals surface area contributed by atoms with Crippen LogP contribution in [0.1, 0.15) is 35.2 Å². The zero-order chi connectivity index (χ0) is 16.8. The Balaban J connectivity index is 1.75. The summed E-state index contributed by atoms with van der Waals surface area (Å²) in [7, 11) is 1.64. The number of nitrogens with one attached hydrogen (secondary N) is 1. The van der Waals surface area contributed by atoms with Crippen LogP contribution in [0.25, 0.3) is 0 Å². The lowest BCUT2D eigenvalue weighted by Gasteiger charge is -2.29. The monoisotopic (exact) mass is 324 g/mol. The minimum absolute atomic E-state index is 0.0987. The Labute approximate surface area is 143 Å². The SMILES string of the molecule is COCc1ccccc1C(=O)Nc1cccc(N2CCCCC2)c1. The quantitative estimate of drug-likeness (QED) is 0.901. The van der Waals surface area contributed by atoms with Gasteiger partial charge in [0.25, 0.3) is 5.91 Å². The van der Waals surface area contributed by atoms with Crippen molar-refractivity contribution < 1.29 is 9.53 Å². The molecule has 4 nitrogen and oxygen atoms in total. The first-order chi connectivity index (χ1) is 11.8. The fourth-order valence-corrected chi connectivity index (χ4v) is 3.15. The maximum Gasteiger partial charge on any atom is 0.256 e. The van der Waals surface area contributed by atoms with Crippen molar-refractivity contribution in [1.82, 2.24) is 0 Å². The Hall–Kier alpha value is -2.33. The minimum atomic E-state index is -0.0987. The molecule has 4 heteroatoms. The van der Waals surface area contributed by atoms with Crippen LogP contribution in [0, 0.1) is 0 Å². The van der Waals surface area contributed by atoms with Gasteiger partial charge in [0.15, 0.2) is 0 Å². The third-order valence-corrected chi connectivity index (χ3v) is 4.39. The average molecular weight is 324 g/mol. The molecule has 3 rings (SSSR count). The number of ether oxygens (including phenoxy) is 1. The first-order valence-electron chi connectivity index (χ1n) is 8.51. The van der Waals surface area contributed by atoms with E-state index in [1.165, 1.54) is 24.9 Å². The molecule has 0 unspecified atom stereocenters. The molecule has 24 heavy (non-hydrogen) atoms. The molecule has 2 aromatic rings. The van der Waals surface area contributed by atoms with Gasteiger partial charge in [0.1, 0.15) is 0 Å². The van der Waals surface area contributed by atoms with Gasteiger partial charge in [-0.25, -0.2) is 0 Å². The van der Waals surface area contributed by atoms with E-state index < -0.39 is 0 Å². The van der Waals surface area contributed by atoms with Crippen LogP contribution in [0.5, 0.6) is 0 Å². The molecular formula is C20H24N2O2. The van der Waals surface area contributed by atoms with Crippen molar-refractivity contribution in [1.29, 1.82) is 0 Å². The summed E-state index contributed by atoms with van der Waals surface area (Å²) in [6.07, 6.45) is 3.78. The van der Waals surface area contributed by atoms with Crippen LogP contribution in [-0.4, -0.2) is 26.1 Å². The molecule has 0 bridgehead atoms. The number of hydrogen-bond acceptors (Lipinski definition) is 3. The zero-order valence-electron chi connectivity index (χ0n) is 14.1. The summed E-state index contributed by atoms with van der Waals surface area (Å²) in [5.74, 6) is -0.0987. The van der Waals surface area contributed by atoms with Crippen molar-refractivity contribution in [2.45, 2.75) is 25.9 Å². The number of hydrogen-bond donors (Lipinski definition) is 1. The largest absolute Gasteiger partial charge is 0.380 e. The van der Waals surface area contributed by atoms with E-state index >= 15 is 0 Å². The Morgan fingerprint density at radius 3 is 2.67 bits per heavy atom. The van der Waals surface area contributed by atoms with Gasteiger partial charge in [-0.1, -0.05) is 24.3 Å². The highest BCUT2D eigenvalue weighted by Gasteiger charge is 2.13. The van der Waals surface area contributed by atoms with E-state index in [-0.39, 0.29) is 5.91 Å². The summed E-state index contributed by atoms with van der Waals surface area (Å²) in [4.78, 5) is 15.0. The summed E-state index contributed by atoms with van der Waals surface area (Å²) in [5.41, 5.74) is 3.56. The third-order valence-electron chi connectivity index (χ3n) is 4.39. The Bertz CT molecular complexity index is 694. The van der Waals surface area contributed by atoms with Crippen LogP contribution in [-0.2, 0) is 11.3 Å². The zero-order valence-corrected chi connectivity index (χ0v) is 14.1. The maximum absolute atomic E-state index is 12.6. The van der Waals surface area contributed by atoms with Gasteiger partial charge >= 0.3 is 0 Å². The lowest BCUT2D eigenvalue weighted by atomic mass is 10.1. The van der Waals surface area contributed by atoms with Gasteiger partial charge in [-0.3, -0.25) is 4.79 Å². The number of methoxy groups -OCH3 is 1. The van der Waals surface area contributed by atoms with Crippen LogP contribution in [0.4, 0.5) is 11.4 Å². The molecule has 0 aromatic heterocycles. The third kappa shape index (κ3) is 3.95. The van der Waals surface area contributed by atoms with Gasteiger partial charge < -0.3 is 15.0 Å². The molecule has 1 aliphatic heterocycles. The number of amides is 1. The van der Waals surface area contributed by atoms with E-state index in [0.29, 0.717) is 12.2 Å². The average Bonchev–Trinajstić information content (AvgIpc) is 2.63. The van der Waals surface area contributed by atoms with Gasteiger partial charge in [-0.05, 0) is 49.1 Å². The van der Waals surface area contributed by atoms with Crippen LogP contribution in [0.3, 0.4) is 0 Å². The number of nitrogens with zero attached hydrogens (tertiary/aromatic N) is 1. The summed E-state index contributed by atoms with van der Waals surface area (Å²) in [5, 5.41) is 3.02. The van der Waals surface area contributed by atoms with Gasteiger partial charge in [0.05, 0.1) is 6.61 Å². The van der Waals surface area contributed by atoms with Crippen molar-refractivity contribution >= 4 is 17.3 Å². The Morgan fingerprint density at radius 1 is 1.08 bits per heavy atom.